The van der Waals surface area contributed by atoms with Crippen molar-refractivity contribution in [1.29, 1.82) is 5.39 Å². The molecule has 20 heavy (non-hydrogen) atoms. The minimum Gasteiger partial charge on any atom is -0.505 e. The van der Waals surface area contributed by atoms with E-state index in [4.69, 9.17) is 14.4 Å². The number of rotatable bonds is 11. The number of diazo groups is 1. The van der Waals surface area contributed by atoms with Crippen LogP contribution in [0.4, 0.5) is 0 Å². The quantitative estimate of drug-likeness (QED) is 0.246. The molecule has 116 valence electrons. The molecule has 0 aliphatic rings. The molecule has 0 saturated heterocycles. The van der Waals surface area contributed by atoms with Crippen molar-refractivity contribution in [3.63, 3.8) is 0 Å². The topological polar surface area (TPSA) is 83.9 Å². The fourth-order valence-corrected chi connectivity index (χ4v) is 2.91. The monoisotopic (exact) mass is 305 g/mol. The highest BCUT2D eigenvalue weighted by Crippen LogP contribution is 2.56. The van der Waals surface area contributed by atoms with Crippen LogP contribution in [0.5, 0.6) is 0 Å². The first-order valence-corrected chi connectivity index (χ1v) is 8.59. The molecular weight excluding hydrogens is 279 g/mol. The largest absolute Gasteiger partial charge is 0.507 e. The van der Waals surface area contributed by atoms with Gasteiger partial charge in [-0.3, -0.25) is 0 Å². The van der Waals surface area contributed by atoms with Gasteiger partial charge in [0.1, 0.15) is 0 Å². The molecule has 0 radical (unpaired) electrons. The summed E-state index contributed by atoms with van der Waals surface area (Å²) < 4.78 is 21.4. The Morgan fingerprint density at radius 3 is 2.05 bits per heavy atom. The van der Waals surface area contributed by atoms with Crippen LogP contribution in [-0.2, 0) is 13.6 Å². The van der Waals surface area contributed by atoms with E-state index in [0.717, 1.165) is 19.3 Å². The zero-order valence-electron chi connectivity index (χ0n) is 12.7. The third-order valence-corrected chi connectivity index (χ3v) is 4.94. The van der Waals surface area contributed by atoms with Crippen molar-refractivity contribution in [2.45, 2.75) is 58.3 Å². The van der Waals surface area contributed by atoms with E-state index >= 15 is 0 Å². The van der Waals surface area contributed by atoms with Gasteiger partial charge in [-0.05, 0) is 6.42 Å². The summed E-state index contributed by atoms with van der Waals surface area (Å²) >= 11 is 0. The van der Waals surface area contributed by atoms with Crippen molar-refractivity contribution in [3.8, 4) is 0 Å². The van der Waals surface area contributed by atoms with Crippen molar-refractivity contribution in [3.05, 3.63) is 16.2 Å². The highest BCUT2D eigenvalue weighted by molar-refractivity contribution is 7.58. The van der Waals surface area contributed by atoms with Gasteiger partial charge in [-0.15, -0.1) is 0 Å². The maximum absolute atomic E-state index is 12.0. The van der Waals surface area contributed by atoms with E-state index in [1.165, 1.54) is 39.9 Å². The molecule has 0 unspecified atom stereocenters. The number of aliphatic hydroxyl groups excluding tert-OH is 1. The number of nitrogens with zero attached hydrogens (tertiary/aromatic N) is 2. The molecule has 0 amide bonds. The summed E-state index contributed by atoms with van der Waals surface area (Å²) in [5.74, 6) is -0.243. The van der Waals surface area contributed by atoms with Crippen LogP contribution in [0, 0.1) is 5.39 Å². The van der Waals surface area contributed by atoms with E-state index in [2.05, 4.69) is 11.9 Å². The first kappa shape index (κ1) is 19.1. The second kappa shape index (κ2) is 10.8. The third-order valence-electron chi connectivity index (χ3n) is 3.11. The Bertz CT molecular complexity index is 382. The average molecular weight is 305 g/mol. The summed E-state index contributed by atoms with van der Waals surface area (Å²) in [5.41, 5.74) is -0.409. The number of hydrogen-bond acceptors (Lipinski definition) is 5. The SMILES string of the molecule is CCCCCCCCC/C(O)=C(\[N+]#N)P(=O)(OC)OC. The lowest BCUT2D eigenvalue weighted by Gasteiger charge is -2.06. The minimum atomic E-state index is -3.70. The van der Waals surface area contributed by atoms with E-state index < -0.39 is 13.0 Å². The lowest BCUT2D eigenvalue weighted by molar-refractivity contribution is 0.280. The summed E-state index contributed by atoms with van der Waals surface area (Å²) in [6.07, 6.45) is 8.00. The maximum atomic E-state index is 12.0. The van der Waals surface area contributed by atoms with Gasteiger partial charge in [0.15, 0.2) is 10.7 Å². The van der Waals surface area contributed by atoms with Gasteiger partial charge < -0.3 is 14.2 Å². The van der Waals surface area contributed by atoms with Crippen LogP contribution in [0.2, 0.25) is 0 Å². The van der Waals surface area contributed by atoms with Crippen LogP contribution in [0.1, 0.15) is 58.3 Å². The van der Waals surface area contributed by atoms with E-state index in [0.29, 0.717) is 6.42 Å². The number of unbranched alkanes of at least 4 members (excludes halogenated alkanes) is 6. The smallest absolute Gasteiger partial charge is 0.505 e. The molecule has 0 saturated carbocycles. The summed E-state index contributed by atoms with van der Waals surface area (Å²) in [7, 11) is -1.35. The molecule has 7 heteroatoms. The zero-order valence-corrected chi connectivity index (χ0v) is 13.6. The van der Waals surface area contributed by atoms with E-state index in [-0.39, 0.29) is 5.76 Å². The molecule has 0 aromatic rings. The first-order valence-electron chi connectivity index (χ1n) is 7.05. The Balaban J connectivity index is 4.28. The molecule has 0 fully saturated rings. The molecule has 0 heterocycles. The molecular formula is C13H26N2O4P+. The highest BCUT2D eigenvalue weighted by Gasteiger charge is 2.44. The lowest BCUT2D eigenvalue weighted by Crippen LogP contribution is -1.95. The predicted molar refractivity (Wildman–Crippen MR) is 79.0 cm³/mol. The van der Waals surface area contributed by atoms with Crippen molar-refractivity contribution in [2.75, 3.05) is 14.2 Å². The van der Waals surface area contributed by atoms with Crippen LogP contribution in [-0.4, -0.2) is 19.3 Å². The summed E-state index contributed by atoms with van der Waals surface area (Å²) in [4.78, 5) is 2.86. The van der Waals surface area contributed by atoms with Crippen molar-refractivity contribution < 1.29 is 18.7 Å². The van der Waals surface area contributed by atoms with Gasteiger partial charge >= 0.3 is 13.0 Å². The summed E-state index contributed by atoms with van der Waals surface area (Å²) in [5, 5.41) is 18.7. The maximum Gasteiger partial charge on any atom is 0.507 e. The van der Waals surface area contributed by atoms with Gasteiger partial charge in [0, 0.05) is 20.6 Å². The van der Waals surface area contributed by atoms with Gasteiger partial charge in [0.2, 0.25) is 5.39 Å². The molecule has 0 rings (SSSR count). The Hall–Kier alpha value is -0.890. The summed E-state index contributed by atoms with van der Waals surface area (Å²) in [6.45, 7) is 2.17. The highest BCUT2D eigenvalue weighted by atomic mass is 31.2. The standard InChI is InChI=1S/C13H25N2O4P/c1-4-5-6-7-8-9-10-11-12(16)13(15-14)20(17,18-2)19-3/h4-11H2,1-3H3/p+1. The third kappa shape index (κ3) is 6.51. The fraction of sp³-hybridized carbons (Fsp3) is 0.846. The van der Waals surface area contributed by atoms with Gasteiger partial charge in [-0.2, -0.15) is 0 Å². The van der Waals surface area contributed by atoms with Gasteiger partial charge in [-0.1, -0.05) is 45.4 Å². The van der Waals surface area contributed by atoms with E-state index in [1.807, 2.05) is 0 Å². The predicted octanol–water partition coefficient (Wildman–Crippen LogP) is 5.19. The lowest BCUT2D eigenvalue weighted by atomic mass is 10.1. The van der Waals surface area contributed by atoms with Crippen LogP contribution in [0.3, 0.4) is 0 Å². The molecule has 0 atom stereocenters. The van der Waals surface area contributed by atoms with Gasteiger partial charge in [0.25, 0.3) is 0 Å². The van der Waals surface area contributed by atoms with Crippen LogP contribution in [0.25, 0.3) is 4.98 Å². The number of allylic oxidation sites excluding steroid dienone is 1. The molecule has 0 bridgehead atoms. The first-order chi connectivity index (χ1) is 9.55. The van der Waals surface area contributed by atoms with Crippen LogP contribution in [0.15, 0.2) is 11.2 Å². The Labute approximate surface area is 121 Å². The molecule has 1 N–H and O–H groups in total. The summed E-state index contributed by atoms with van der Waals surface area (Å²) in [6, 6.07) is 0. The van der Waals surface area contributed by atoms with Gasteiger partial charge in [0.05, 0.1) is 0 Å². The normalized spacial score (nSPS) is 12.9. The Kier molecular flexibility index (Phi) is 10.4. The second-order valence-electron chi connectivity index (χ2n) is 4.60. The Morgan fingerprint density at radius 2 is 1.60 bits per heavy atom. The van der Waals surface area contributed by atoms with Crippen LogP contribution >= 0.6 is 7.60 Å². The molecule has 0 aliphatic carbocycles. The van der Waals surface area contributed by atoms with E-state index in [1.54, 1.807) is 0 Å². The zero-order chi connectivity index (χ0) is 15.4. The molecule has 0 spiro atoms. The number of hydrogen-bond donors (Lipinski definition) is 1. The van der Waals surface area contributed by atoms with Gasteiger partial charge in [-0.25, -0.2) is 4.57 Å². The fourth-order valence-electron chi connectivity index (χ4n) is 1.88. The average Bonchev–Trinajstić information content (AvgIpc) is 2.46. The molecule has 0 aromatic carbocycles. The van der Waals surface area contributed by atoms with Crippen molar-refractivity contribution in [1.82, 2.24) is 0 Å². The van der Waals surface area contributed by atoms with Crippen molar-refractivity contribution >= 4 is 7.60 Å². The molecule has 0 aromatic heterocycles. The Morgan fingerprint density at radius 1 is 1.10 bits per heavy atom. The second-order valence-corrected chi connectivity index (χ2v) is 6.75. The molecule has 0 aliphatic heterocycles. The number of aliphatic hydroxyl groups is 1. The molecule has 6 nitrogen and oxygen atoms in total. The van der Waals surface area contributed by atoms with Crippen LogP contribution < -0.4 is 0 Å². The minimum absolute atomic E-state index is 0.243. The van der Waals surface area contributed by atoms with Crippen molar-refractivity contribution in [2.24, 2.45) is 0 Å². The van der Waals surface area contributed by atoms with E-state index in [9.17, 15) is 9.67 Å².